The van der Waals surface area contributed by atoms with Crippen LogP contribution in [0.25, 0.3) is 11.1 Å². The molecule has 7 heteroatoms. The fourth-order valence-corrected chi connectivity index (χ4v) is 2.75. The number of nitrogens with zero attached hydrogens (tertiary/aromatic N) is 1. The molecular formula is C17H22N6O. The number of hydrazone groups is 1. The Kier molecular flexibility index (Phi) is 5.05. The van der Waals surface area contributed by atoms with Gasteiger partial charge >= 0.3 is 0 Å². The number of carbonyl (C=O) groups is 1. The van der Waals surface area contributed by atoms with Crippen molar-refractivity contribution in [3.05, 3.63) is 48.0 Å². The fourth-order valence-electron chi connectivity index (χ4n) is 2.75. The van der Waals surface area contributed by atoms with Gasteiger partial charge in [0.25, 0.3) is 0 Å². The zero-order valence-electron chi connectivity index (χ0n) is 13.5. The molecule has 1 heterocycles. The molecule has 3 rings (SSSR count). The van der Waals surface area contributed by atoms with Crippen LogP contribution in [0.5, 0.6) is 0 Å². The van der Waals surface area contributed by atoms with Crippen LogP contribution in [-0.2, 0) is 4.79 Å². The molecule has 0 saturated heterocycles. The third kappa shape index (κ3) is 3.31. The molecule has 0 saturated carbocycles. The molecule has 0 aromatic heterocycles. The number of nitrogens with one attached hydrogen (secondary N) is 2. The van der Waals surface area contributed by atoms with E-state index in [1.165, 1.54) is 0 Å². The maximum absolute atomic E-state index is 11.9. The summed E-state index contributed by atoms with van der Waals surface area (Å²) in [6.45, 7) is 1.99. The van der Waals surface area contributed by atoms with Gasteiger partial charge in [-0.1, -0.05) is 30.3 Å². The molecule has 0 spiro atoms. The quantitative estimate of drug-likeness (QED) is 0.249. The molecule has 0 radical (unpaired) electrons. The molecule has 1 amide bonds. The summed E-state index contributed by atoms with van der Waals surface area (Å²) >= 11 is 0. The second kappa shape index (κ2) is 7.01. The maximum Gasteiger partial charge on any atom is 0.226 e. The van der Waals surface area contributed by atoms with Gasteiger partial charge in [0.2, 0.25) is 5.91 Å². The summed E-state index contributed by atoms with van der Waals surface area (Å²) in [5, 5.41) is 9.89. The fraction of sp³-hybridized carbons (Fsp3) is 0.176. The first kappa shape index (κ1) is 17.3. The summed E-state index contributed by atoms with van der Waals surface area (Å²) in [6, 6.07) is 13.5. The van der Waals surface area contributed by atoms with E-state index >= 15 is 0 Å². The van der Waals surface area contributed by atoms with Crippen molar-refractivity contribution in [1.82, 2.24) is 6.15 Å². The standard InChI is InChI=1S/C17H19N5O.H3N/c1-10-8-15(23)21-14-7-3-6-13(16(14)20-10)11-4-2-5-12(9-11)17(18)22-19;/h2-7,9-10,20H,8,19H2,1H3,(H2,18,22)(H,21,23);1H3/t10-;/m1./s1. The van der Waals surface area contributed by atoms with Gasteiger partial charge < -0.3 is 28.4 Å². The van der Waals surface area contributed by atoms with Crippen LogP contribution in [0.2, 0.25) is 0 Å². The highest BCUT2D eigenvalue weighted by Crippen LogP contribution is 2.36. The van der Waals surface area contributed by atoms with Crippen molar-refractivity contribution < 1.29 is 4.79 Å². The van der Waals surface area contributed by atoms with Crippen LogP contribution in [0.1, 0.15) is 18.9 Å². The van der Waals surface area contributed by atoms with Crippen molar-refractivity contribution in [1.29, 1.82) is 0 Å². The summed E-state index contributed by atoms with van der Waals surface area (Å²) < 4.78 is 0. The van der Waals surface area contributed by atoms with Crippen LogP contribution < -0.4 is 28.4 Å². The van der Waals surface area contributed by atoms with E-state index in [0.717, 1.165) is 28.1 Å². The second-order valence-corrected chi connectivity index (χ2v) is 5.62. The van der Waals surface area contributed by atoms with E-state index in [1.54, 1.807) is 0 Å². The predicted molar refractivity (Wildman–Crippen MR) is 98.1 cm³/mol. The van der Waals surface area contributed by atoms with Gasteiger partial charge in [-0.05, 0) is 24.6 Å². The number of para-hydroxylation sites is 1. The van der Waals surface area contributed by atoms with E-state index in [1.807, 2.05) is 49.4 Å². The van der Waals surface area contributed by atoms with E-state index in [-0.39, 0.29) is 23.9 Å². The van der Waals surface area contributed by atoms with Gasteiger partial charge in [0.05, 0.1) is 11.4 Å². The molecule has 9 N–H and O–H groups in total. The summed E-state index contributed by atoms with van der Waals surface area (Å²) in [7, 11) is 0. The summed E-state index contributed by atoms with van der Waals surface area (Å²) in [5.74, 6) is 5.55. The lowest BCUT2D eigenvalue weighted by molar-refractivity contribution is -0.116. The number of hydrogen-bond acceptors (Lipinski definition) is 5. The highest BCUT2D eigenvalue weighted by Gasteiger charge is 2.20. The second-order valence-electron chi connectivity index (χ2n) is 5.62. The van der Waals surface area contributed by atoms with Crippen LogP contribution in [0.3, 0.4) is 0 Å². The van der Waals surface area contributed by atoms with Crippen molar-refractivity contribution in [2.45, 2.75) is 19.4 Å². The van der Waals surface area contributed by atoms with Crippen LogP contribution >= 0.6 is 0 Å². The topological polar surface area (TPSA) is 141 Å². The van der Waals surface area contributed by atoms with Gasteiger partial charge in [0.1, 0.15) is 5.84 Å². The van der Waals surface area contributed by atoms with Crippen molar-refractivity contribution in [3.8, 4) is 11.1 Å². The number of amidine groups is 1. The molecule has 2 aromatic carbocycles. The van der Waals surface area contributed by atoms with E-state index in [9.17, 15) is 4.79 Å². The lowest BCUT2D eigenvalue weighted by Gasteiger charge is -2.17. The first-order chi connectivity index (χ1) is 11.1. The monoisotopic (exact) mass is 326 g/mol. The Hall–Kier alpha value is -3.06. The van der Waals surface area contributed by atoms with Crippen molar-refractivity contribution in [2.24, 2.45) is 16.7 Å². The summed E-state index contributed by atoms with van der Waals surface area (Å²) in [4.78, 5) is 11.9. The molecule has 0 bridgehead atoms. The molecule has 0 unspecified atom stereocenters. The van der Waals surface area contributed by atoms with Gasteiger partial charge in [-0.2, -0.15) is 5.10 Å². The smallest absolute Gasteiger partial charge is 0.226 e. The molecule has 126 valence electrons. The highest BCUT2D eigenvalue weighted by molar-refractivity contribution is 6.02. The first-order valence-corrected chi connectivity index (χ1v) is 7.42. The highest BCUT2D eigenvalue weighted by atomic mass is 16.1. The largest absolute Gasteiger partial charge is 0.382 e. The van der Waals surface area contributed by atoms with Gasteiger partial charge in [-0.25, -0.2) is 0 Å². The van der Waals surface area contributed by atoms with E-state index < -0.39 is 0 Å². The minimum atomic E-state index is 0. The van der Waals surface area contributed by atoms with Gasteiger partial charge in [0, 0.05) is 23.6 Å². The SMILES string of the molecule is C[C@@H]1CC(=O)Nc2cccc(-c3cccc(C(N)=NN)c3)c2N1.N. The third-order valence-corrected chi connectivity index (χ3v) is 3.83. The number of anilines is 2. The maximum atomic E-state index is 11.9. The number of rotatable bonds is 2. The Morgan fingerprint density at radius 1 is 1.25 bits per heavy atom. The molecule has 0 aliphatic carbocycles. The lowest BCUT2D eigenvalue weighted by Crippen LogP contribution is -2.19. The molecule has 1 aliphatic rings. The van der Waals surface area contributed by atoms with Gasteiger partial charge in [-0.15, -0.1) is 0 Å². The lowest BCUT2D eigenvalue weighted by atomic mass is 9.99. The van der Waals surface area contributed by atoms with Gasteiger partial charge in [-0.3, -0.25) is 4.79 Å². The van der Waals surface area contributed by atoms with Crippen molar-refractivity contribution >= 4 is 23.1 Å². The molecule has 1 aliphatic heterocycles. The van der Waals surface area contributed by atoms with E-state index in [2.05, 4.69) is 15.7 Å². The summed E-state index contributed by atoms with van der Waals surface area (Å²) in [6.07, 6.45) is 0.431. The average molecular weight is 326 g/mol. The minimum absolute atomic E-state index is 0. The Labute approximate surface area is 140 Å². The Balaban J connectivity index is 0.00000208. The van der Waals surface area contributed by atoms with Crippen LogP contribution in [0.15, 0.2) is 47.6 Å². The van der Waals surface area contributed by atoms with Crippen LogP contribution in [0.4, 0.5) is 11.4 Å². The Morgan fingerprint density at radius 3 is 2.75 bits per heavy atom. The number of hydrogen-bond donors (Lipinski definition) is 5. The molecule has 24 heavy (non-hydrogen) atoms. The molecular weight excluding hydrogens is 304 g/mol. The van der Waals surface area contributed by atoms with E-state index in [4.69, 9.17) is 11.6 Å². The number of benzene rings is 2. The first-order valence-electron chi connectivity index (χ1n) is 7.42. The normalized spacial score (nSPS) is 17.0. The molecule has 0 fully saturated rings. The van der Waals surface area contributed by atoms with Crippen molar-refractivity contribution in [3.63, 3.8) is 0 Å². The van der Waals surface area contributed by atoms with Crippen molar-refractivity contribution in [2.75, 3.05) is 10.6 Å². The molecule has 1 atom stereocenters. The zero-order valence-corrected chi connectivity index (χ0v) is 13.5. The average Bonchev–Trinajstić information content (AvgIpc) is 2.70. The number of carbonyl (C=O) groups excluding carboxylic acids is 1. The Morgan fingerprint density at radius 2 is 2.00 bits per heavy atom. The van der Waals surface area contributed by atoms with Crippen LogP contribution in [0, 0.1) is 0 Å². The molecule has 7 nitrogen and oxygen atoms in total. The minimum Gasteiger partial charge on any atom is -0.382 e. The zero-order chi connectivity index (χ0) is 16.4. The molecule has 2 aromatic rings. The number of nitrogens with two attached hydrogens (primary N) is 2. The van der Waals surface area contributed by atoms with Gasteiger partial charge in [0.15, 0.2) is 0 Å². The van der Waals surface area contributed by atoms with Crippen LogP contribution in [-0.4, -0.2) is 17.8 Å². The Bertz CT molecular complexity index is 786. The number of fused-ring (bicyclic) bond motifs is 1. The third-order valence-electron chi connectivity index (χ3n) is 3.83. The summed E-state index contributed by atoms with van der Waals surface area (Å²) in [5.41, 5.74) is 10.2. The van der Waals surface area contributed by atoms with E-state index in [0.29, 0.717) is 6.42 Å². The number of amides is 1. The predicted octanol–water partition coefficient (Wildman–Crippen LogP) is 2.24.